The maximum atomic E-state index is 13.1. The number of rotatable bonds is 3. The van der Waals surface area contributed by atoms with Gasteiger partial charge in [0.25, 0.3) is 0 Å². The van der Waals surface area contributed by atoms with Crippen LogP contribution in [0.4, 0.5) is 0 Å². The molecule has 1 aromatic heterocycles. The second-order valence-corrected chi connectivity index (χ2v) is 7.65. The van der Waals surface area contributed by atoms with Crippen molar-refractivity contribution in [3.05, 3.63) is 47.3 Å². The lowest BCUT2D eigenvalue weighted by Gasteiger charge is -2.38. The Morgan fingerprint density at radius 1 is 1.26 bits per heavy atom. The van der Waals surface area contributed by atoms with Gasteiger partial charge in [-0.3, -0.25) is 5.10 Å². The van der Waals surface area contributed by atoms with Crippen LogP contribution in [0.25, 0.3) is 0 Å². The van der Waals surface area contributed by atoms with Gasteiger partial charge in [0.05, 0.1) is 30.1 Å². The third kappa shape index (κ3) is 2.80. The van der Waals surface area contributed by atoms with E-state index in [1.54, 1.807) is 13.8 Å². The fraction of sp³-hybridized carbons (Fsp3) is 0.438. The van der Waals surface area contributed by atoms with Crippen molar-refractivity contribution in [2.24, 2.45) is 0 Å². The van der Waals surface area contributed by atoms with Gasteiger partial charge in [-0.25, -0.2) is 8.42 Å². The number of ether oxygens (including phenoxy) is 1. The zero-order valence-electron chi connectivity index (χ0n) is 13.5. The van der Waals surface area contributed by atoms with Crippen molar-refractivity contribution in [1.82, 2.24) is 14.5 Å². The molecule has 1 aliphatic rings. The SMILES string of the molecule is Cc1n[nH]c(C)c1S(=O)(=O)N1CCOC(c2ccccc2)C1C. The van der Waals surface area contributed by atoms with Gasteiger partial charge in [0.15, 0.2) is 0 Å². The molecule has 1 aromatic carbocycles. The highest BCUT2D eigenvalue weighted by Crippen LogP contribution is 2.33. The summed E-state index contributed by atoms with van der Waals surface area (Å²) in [4.78, 5) is 0.276. The van der Waals surface area contributed by atoms with E-state index >= 15 is 0 Å². The van der Waals surface area contributed by atoms with E-state index in [0.717, 1.165) is 5.56 Å². The lowest BCUT2D eigenvalue weighted by atomic mass is 10.0. The molecular weight excluding hydrogens is 314 g/mol. The first-order valence-corrected chi connectivity index (χ1v) is 9.07. The van der Waals surface area contributed by atoms with E-state index in [1.165, 1.54) is 4.31 Å². The molecule has 2 aromatic rings. The summed E-state index contributed by atoms with van der Waals surface area (Å²) in [5.41, 5.74) is 2.05. The number of morpholine rings is 1. The summed E-state index contributed by atoms with van der Waals surface area (Å²) in [6.07, 6.45) is -0.271. The topological polar surface area (TPSA) is 75.3 Å². The molecule has 0 spiro atoms. The van der Waals surface area contributed by atoms with E-state index in [9.17, 15) is 8.42 Å². The van der Waals surface area contributed by atoms with Crippen LogP contribution in [0.3, 0.4) is 0 Å². The Labute approximate surface area is 136 Å². The monoisotopic (exact) mass is 335 g/mol. The van der Waals surface area contributed by atoms with Crippen LogP contribution in [0.15, 0.2) is 35.2 Å². The first-order valence-electron chi connectivity index (χ1n) is 7.63. The molecule has 0 radical (unpaired) electrons. The van der Waals surface area contributed by atoms with Crippen LogP contribution in [0, 0.1) is 13.8 Å². The molecule has 124 valence electrons. The fourth-order valence-corrected chi connectivity index (χ4v) is 5.11. The Bertz CT molecular complexity index is 767. The van der Waals surface area contributed by atoms with E-state index < -0.39 is 10.0 Å². The molecule has 2 atom stereocenters. The van der Waals surface area contributed by atoms with E-state index in [4.69, 9.17) is 4.74 Å². The van der Waals surface area contributed by atoms with Crippen molar-refractivity contribution in [1.29, 1.82) is 0 Å². The number of sulfonamides is 1. The molecular formula is C16H21N3O3S. The molecule has 0 saturated carbocycles. The summed E-state index contributed by atoms with van der Waals surface area (Å²) in [5.74, 6) is 0. The maximum absolute atomic E-state index is 13.1. The number of hydrogen-bond donors (Lipinski definition) is 1. The summed E-state index contributed by atoms with van der Waals surface area (Å²) < 4.78 is 33.6. The van der Waals surface area contributed by atoms with Gasteiger partial charge < -0.3 is 4.74 Å². The minimum absolute atomic E-state index is 0.271. The number of hydrogen-bond acceptors (Lipinski definition) is 4. The molecule has 1 fully saturated rings. The molecule has 3 rings (SSSR count). The maximum Gasteiger partial charge on any atom is 0.247 e. The van der Waals surface area contributed by atoms with Gasteiger partial charge in [-0.15, -0.1) is 0 Å². The van der Waals surface area contributed by atoms with Crippen LogP contribution in [-0.4, -0.2) is 42.1 Å². The van der Waals surface area contributed by atoms with Gasteiger partial charge in [0, 0.05) is 6.54 Å². The second-order valence-electron chi connectivity index (χ2n) is 5.82. The lowest BCUT2D eigenvalue weighted by molar-refractivity contribution is -0.0361. The van der Waals surface area contributed by atoms with E-state index in [-0.39, 0.29) is 17.0 Å². The molecule has 23 heavy (non-hydrogen) atoms. The van der Waals surface area contributed by atoms with Gasteiger partial charge in [0.1, 0.15) is 4.90 Å². The number of aromatic amines is 1. The fourth-order valence-electron chi connectivity index (χ4n) is 3.16. The quantitative estimate of drug-likeness (QED) is 0.933. The average molecular weight is 335 g/mol. The predicted octanol–water partition coefficient (Wildman–Crippen LogP) is 2.18. The van der Waals surface area contributed by atoms with Crippen LogP contribution in [0.5, 0.6) is 0 Å². The van der Waals surface area contributed by atoms with Crippen LogP contribution in [0.2, 0.25) is 0 Å². The Kier molecular flexibility index (Phi) is 4.27. The third-order valence-electron chi connectivity index (χ3n) is 4.26. The largest absolute Gasteiger partial charge is 0.370 e. The molecule has 1 aliphatic heterocycles. The molecule has 0 amide bonds. The summed E-state index contributed by atoms with van der Waals surface area (Å²) in [5, 5.41) is 6.77. The van der Waals surface area contributed by atoms with Gasteiger partial charge in [-0.2, -0.15) is 9.40 Å². The van der Waals surface area contributed by atoms with Crippen molar-refractivity contribution in [3.8, 4) is 0 Å². The molecule has 1 N–H and O–H groups in total. The zero-order chi connectivity index (χ0) is 16.6. The minimum Gasteiger partial charge on any atom is -0.370 e. The number of nitrogens with zero attached hydrogens (tertiary/aromatic N) is 2. The number of nitrogens with one attached hydrogen (secondary N) is 1. The average Bonchev–Trinajstić information content (AvgIpc) is 2.87. The second kappa shape index (κ2) is 6.07. The predicted molar refractivity (Wildman–Crippen MR) is 86.6 cm³/mol. The molecule has 6 nitrogen and oxygen atoms in total. The minimum atomic E-state index is -3.61. The molecule has 2 unspecified atom stereocenters. The molecule has 1 saturated heterocycles. The molecule has 2 heterocycles. The summed E-state index contributed by atoms with van der Waals surface area (Å²) in [7, 11) is -3.61. The number of aryl methyl sites for hydroxylation is 2. The smallest absolute Gasteiger partial charge is 0.247 e. The Morgan fingerprint density at radius 2 is 1.96 bits per heavy atom. The standard InChI is InChI=1S/C16H21N3O3S/c1-11-16(12(2)18-17-11)23(20,21)19-9-10-22-15(13(19)3)14-7-5-4-6-8-14/h4-8,13,15H,9-10H2,1-3H3,(H,17,18). The first kappa shape index (κ1) is 16.2. The molecule has 0 aliphatic carbocycles. The number of aromatic nitrogens is 2. The van der Waals surface area contributed by atoms with E-state index in [1.807, 2.05) is 37.3 Å². The highest BCUT2D eigenvalue weighted by atomic mass is 32.2. The Hall–Kier alpha value is -1.70. The van der Waals surface area contributed by atoms with Crippen LogP contribution < -0.4 is 0 Å². The van der Waals surface area contributed by atoms with Gasteiger partial charge in [-0.05, 0) is 26.3 Å². The summed E-state index contributed by atoms with van der Waals surface area (Å²) in [6, 6.07) is 9.44. The Balaban J connectivity index is 1.97. The summed E-state index contributed by atoms with van der Waals surface area (Å²) in [6.45, 7) is 6.04. The zero-order valence-corrected chi connectivity index (χ0v) is 14.3. The van der Waals surface area contributed by atoms with E-state index in [0.29, 0.717) is 24.5 Å². The van der Waals surface area contributed by atoms with Crippen molar-refractivity contribution >= 4 is 10.0 Å². The van der Waals surface area contributed by atoms with Crippen molar-refractivity contribution in [2.45, 2.75) is 37.8 Å². The van der Waals surface area contributed by atoms with E-state index in [2.05, 4.69) is 10.2 Å². The van der Waals surface area contributed by atoms with Crippen LogP contribution >= 0.6 is 0 Å². The normalized spacial score (nSPS) is 23.1. The van der Waals surface area contributed by atoms with Crippen molar-refractivity contribution in [3.63, 3.8) is 0 Å². The summed E-state index contributed by atoms with van der Waals surface area (Å²) >= 11 is 0. The van der Waals surface area contributed by atoms with Gasteiger partial charge in [-0.1, -0.05) is 30.3 Å². The van der Waals surface area contributed by atoms with Gasteiger partial charge >= 0.3 is 0 Å². The van der Waals surface area contributed by atoms with Crippen molar-refractivity contribution < 1.29 is 13.2 Å². The number of benzene rings is 1. The highest BCUT2D eigenvalue weighted by molar-refractivity contribution is 7.89. The lowest BCUT2D eigenvalue weighted by Crippen LogP contribution is -2.48. The molecule has 0 bridgehead atoms. The van der Waals surface area contributed by atoms with Crippen molar-refractivity contribution in [2.75, 3.05) is 13.2 Å². The first-order chi connectivity index (χ1) is 10.9. The van der Waals surface area contributed by atoms with Crippen LogP contribution in [-0.2, 0) is 14.8 Å². The van der Waals surface area contributed by atoms with Gasteiger partial charge in [0.2, 0.25) is 10.0 Å². The molecule has 7 heteroatoms. The Morgan fingerprint density at radius 3 is 2.57 bits per heavy atom. The third-order valence-corrected chi connectivity index (χ3v) is 6.51. The van der Waals surface area contributed by atoms with Crippen LogP contribution in [0.1, 0.15) is 30.0 Å². The highest BCUT2D eigenvalue weighted by Gasteiger charge is 2.39. The number of H-pyrrole nitrogens is 1.